The third kappa shape index (κ3) is 58.8. The Morgan fingerprint density at radius 2 is 1.80 bits per heavy atom. The van der Waals surface area contributed by atoms with Crippen molar-refractivity contribution >= 4 is 0 Å². The monoisotopic (exact) mass is 97.0 g/mol. The summed E-state index contributed by atoms with van der Waals surface area (Å²) in [5.41, 5.74) is 5.58. The van der Waals surface area contributed by atoms with E-state index in [1.54, 1.807) is 6.92 Å². The summed E-state index contributed by atoms with van der Waals surface area (Å²) >= 11 is 0. The van der Waals surface area contributed by atoms with Gasteiger partial charge in [-0.3, -0.25) is 0 Å². The SMILES string of the molecule is C=C(C)N.[Ar]. The van der Waals surface area contributed by atoms with Crippen molar-refractivity contribution in [2.24, 2.45) is 5.73 Å². The van der Waals surface area contributed by atoms with Crippen molar-refractivity contribution in [2.75, 3.05) is 0 Å². The molecule has 5 heavy (non-hydrogen) atoms. The summed E-state index contributed by atoms with van der Waals surface area (Å²) in [5.74, 6) is 0. The zero-order chi connectivity index (χ0) is 3.58. The maximum Gasteiger partial charge on any atom is 0 e. The third-order valence-corrected chi connectivity index (χ3v) is 0. The number of nitrogens with two attached hydrogens (primary N) is 1. The van der Waals surface area contributed by atoms with Crippen molar-refractivity contribution in [3.05, 3.63) is 12.3 Å². The minimum atomic E-state index is 0. The van der Waals surface area contributed by atoms with E-state index >= 15 is 0 Å². The van der Waals surface area contributed by atoms with Gasteiger partial charge in [-0.25, -0.2) is 0 Å². The van der Waals surface area contributed by atoms with Crippen LogP contribution in [0.2, 0.25) is 0 Å². The van der Waals surface area contributed by atoms with E-state index in [1.807, 2.05) is 0 Å². The molecule has 0 aliphatic carbocycles. The number of allylic oxidation sites excluding steroid dienone is 1. The molecule has 0 saturated carbocycles. The third-order valence-electron chi connectivity index (χ3n) is 0. The van der Waals surface area contributed by atoms with Gasteiger partial charge in [-0.2, -0.15) is 0 Å². The van der Waals surface area contributed by atoms with Gasteiger partial charge < -0.3 is 5.73 Å². The van der Waals surface area contributed by atoms with E-state index < -0.39 is 0 Å². The average molecular weight is 97.0 g/mol. The van der Waals surface area contributed by atoms with E-state index in [4.69, 9.17) is 5.73 Å². The van der Waals surface area contributed by atoms with Crippen molar-refractivity contribution in [3.8, 4) is 0 Å². The van der Waals surface area contributed by atoms with Crippen molar-refractivity contribution in [2.45, 2.75) is 6.92 Å². The second-order valence-corrected chi connectivity index (χ2v) is 0.846. The van der Waals surface area contributed by atoms with Gasteiger partial charge in [0, 0.05) is 37.7 Å². The van der Waals surface area contributed by atoms with Crippen LogP contribution in [-0.2, 0) is 0 Å². The molecular weight excluding hydrogens is 90.0 g/mol. The summed E-state index contributed by atoms with van der Waals surface area (Å²) in [7, 11) is 0. The van der Waals surface area contributed by atoms with Gasteiger partial charge in [0.05, 0.1) is 0 Å². The molecule has 0 aliphatic rings. The Morgan fingerprint density at radius 1 is 1.80 bits per heavy atom. The van der Waals surface area contributed by atoms with Crippen molar-refractivity contribution < 1.29 is 37.7 Å². The summed E-state index contributed by atoms with van der Waals surface area (Å²) in [6.07, 6.45) is 0. The Morgan fingerprint density at radius 3 is 1.80 bits per heavy atom. The molecule has 0 aromatic carbocycles. The van der Waals surface area contributed by atoms with Crippen LogP contribution in [0, 0.1) is 37.7 Å². The van der Waals surface area contributed by atoms with Crippen LogP contribution in [0.4, 0.5) is 0 Å². The van der Waals surface area contributed by atoms with Crippen LogP contribution in [0.5, 0.6) is 0 Å². The summed E-state index contributed by atoms with van der Waals surface area (Å²) < 4.78 is 0. The molecule has 0 unspecified atom stereocenters. The minimum absolute atomic E-state index is 0. The van der Waals surface area contributed by atoms with Gasteiger partial charge in [0.25, 0.3) is 0 Å². The Labute approximate surface area is 62.2 Å². The quantitative estimate of drug-likeness (QED) is 0.467. The number of hydrogen-bond acceptors (Lipinski definition) is 1. The van der Waals surface area contributed by atoms with Crippen LogP contribution in [0.1, 0.15) is 6.92 Å². The van der Waals surface area contributed by atoms with Crippen molar-refractivity contribution in [1.29, 1.82) is 0 Å². The normalized spacial score (nSPS) is 5.00. The Bertz CT molecular complexity index is 29.9. The van der Waals surface area contributed by atoms with E-state index in [1.165, 1.54) is 0 Å². The van der Waals surface area contributed by atoms with E-state index in [-0.39, 0.29) is 37.7 Å². The fourth-order valence-electron chi connectivity index (χ4n) is 0. The Kier molecular flexibility index (Phi) is 8.88. The van der Waals surface area contributed by atoms with E-state index in [0.29, 0.717) is 5.70 Å². The fourth-order valence-corrected chi connectivity index (χ4v) is 0. The Hall–Kier alpha value is 0.800. The fraction of sp³-hybridized carbons (Fsp3) is 0.333. The largest absolute Gasteiger partial charge is 0.403 e. The molecule has 0 aliphatic heterocycles. The van der Waals surface area contributed by atoms with Gasteiger partial charge in [0.1, 0.15) is 0 Å². The maximum absolute atomic E-state index is 4.92. The molecule has 0 heterocycles. The summed E-state index contributed by atoms with van der Waals surface area (Å²) in [5, 5.41) is 0. The first kappa shape index (κ1) is 9.25. The first-order valence-electron chi connectivity index (χ1n) is 1.14. The van der Waals surface area contributed by atoms with Crippen LogP contribution < -0.4 is 5.73 Å². The molecule has 32 valence electrons. The zero-order valence-corrected chi connectivity index (χ0v) is 3.85. The first-order valence-corrected chi connectivity index (χ1v) is 1.14. The number of hydrogen-bond donors (Lipinski definition) is 1. The second kappa shape index (κ2) is 4.80. The van der Waals surface area contributed by atoms with Crippen LogP contribution in [0.3, 0.4) is 0 Å². The zero-order valence-electron chi connectivity index (χ0n) is 3.14. The molecule has 0 bridgehead atoms. The van der Waals surface area contributed by atoms with Gasteiger partial charge in [0.15, 0.2) is 0 Å². The van der Waals surface area contributed by atoms with Gasteiger partial charge in [-0.15, -0.1) is 0 Å². The molecule has 0 aromatic heterocycles. The van der Waals surface area contributed by atoms with E-state index in [9.17, 15) is 0 Å². The Balaban J connectivity index is 0. The standard InChI is InChI=1S/C3H7N.Ar/c1-3(2)4;/h1,4H2,2H3;. The van der Waals surface area contributed by atoms with Gasteiger partial charge >= 0.3 is 0 Å². The smallest absolute Gasteiger partial charge is 0 e. The van der Waals surface area contributed by atoms with Gasteiger partial charge in [-0.05, 0) is 12.6 Å². The van der Waals surface area contributed by atoms with Crippen LogP contribution in [-0.4, -0.2) is 0 Å². The van der Waals surface area contributed by atoms with Gasteiger partial charge in [0.2, 0.25) is 0 Å². The summed E-state index contributed by atoms with van der Waals surface area (Å²) in [4.78, 5) is 0. The summed E-state index contributed by atoms with van der Waals surface area (Å²) in [6, 6.07) is 0. The minimum Gasteiger partial charge on any atom is -0.403 e. The molecule has 1 nitrogen and oxygen atoms in total. The summed E-state index contributed by atoms with van der Waals surface area (Å²) in [6.45, 7) is 5.08. The molecule has 0 fully saturated rings. The molecule has 0 radical (unpaired) electrons. The molecule has 0 saturated heterocycles. The van der Waals surface area contributed by atoms with Crippen molar-refractivity contribution in [1.82, 2.24) is 0 Å². The molecule has 2 heteroatoms. The van der Waals surface area contributed by atoms with Crippen LogP contribution in [0.25, 0.3) is 0 Å². The number of rotatable bonds is 0. The molecule has 0 spiro atoms. The van der Waals surface area contributed by atoms with E-state index in [2.05, 4.69) is 6.58 Å². The predicted molar refractivity (Wildman–Crippen MR) is 19.0 cm³/mol. The molecular formula is C3H7ArN. The molecule has 0 atom stereocenters. The van der Waals surface area contributed by atoms with Crippen molar-refractivity contribution in [3.63, 3.8) is 0 Å². The molecule has 0 amide bonds. The topological polar surface area (TPSA) is 26.0 Å². The van der Waals surface area contributed by atoms with Crippen LogP contribution in [0.15, 0.2) is 12.3 Å². The predicted octanol–water partition coefficient (Wildman–Crippen LogP) is 0.479. The first-order chi connectivity index (χ1) is 1.73. The van der Waals surface area contributed by atoms with Gasteiger partial charge in [-0.1, -0.05) is 6.58 Å². The average Bonchev–Trinajstić information content (AvgIpc) is 0.811. The van der Waals surface area contributed by atoms with E-state index in [0.717, 1.165) is 0 Å². The van der Waals surface area contributed by atoms with Crippen LogP contribution >= 0.6 is 0 Å². The second-order valence-electron chi connectivity index (χ2n) is 0.846. The maximum atomic E-state index is 4.92. The molecule has 2 N–H and O–H groups in total. The molecule has 0 rings (SSSR count). The molecule has 0 aromatic rings.